The van der Waals surface area contributed by atoms with E-state index in [-0.39, 0.29) is 12.5 Å². The van der Waals surface area contributed by atoms with E-state index in [1.54, 1.807) is 17.0 Å². The molecule has 3 rings (SSSR count). The molecule has 0 spiro atoms. The molecule has 1 aromatic heterocycles. The predicted octanol–water partition coefficient (Wildman–Crippen LogP) is 4.02. The zero-order chi connectivity index (χ0) is 17.8. The Bertz CT molecular complexity index is 914. The van der Waals surface area contributed by atoms with Gasteiger partial charge in [0.05, 0.1) is 10.7 Å². The van der Waals surface area contributed by atoms with Crippen molar-refractivity contribution in [2.45, 2.75) is 13.8 Å². The van der Waals surface area contributed by atoms with Crippen LogP contribution in [0.5, 0.6) is 5.75 Å². The van der Waals surface area contributed by atoms with E-state index in [0.29, 0.717) is 23.1 Å². The van der Waals surface area contributed by atoms with Crippen molar-refractivity contribution in [3.8, 4) is 5.75 Å². The number of anilines is 1. The molecule has 6 heteroatoms. The second-order valence-electron chi connectivity index (χ2n) is 5.51. The molecule has 0 atom stereocenters. The number of amides is 1. The van der Waals surface area contributed by atoms with Crippen LogP contribution in [-0.4, -0.2) is 29.3 Å². The number of aromatic nitrogens is 2. The summed E-state index contributed by atoms with van der Waals surface area (Å²) in [5.41, 5.74) is 0.829. The third kappa shape index (κ3) is 3.56. The van der Waals surface area contributed by atoms with Gasteiger partial charge in [0.25, 0.3) is 5.91 Å². The number of fused-ring (bicyclic) bond motifs is 1. The van der Waals surface area contributed by atoms with Gasteiger partial charge in [0.2, 0.25) is 0 Å². The predicted molar refractivity (Wildman–Crippen MR) is 99.2 cm³/mol. The molecule has 0 saturated carbocycles. The fourth-order valence-corrected chi connectivity index (χ4v) is 2.84. The van der Waals surface area contributed by atoms with Crippen molar-refractivity contribution in [2.75, 3.05) is 18.1 Å². The zero-order valence-electron chi connectivity index (χ0n) is 14.1. The van der Waals surface area contributed by atoms with E-state index in [1.165, 1.54) is 0 Å². The minimum absolute atomic E-state index is 0.124. The topological polar surface area (TPSA) is 55.3 Å². The first-order chi connectivity index (χ1) is 12.1. The van der Waals surface area contributed by atoms with Gasteiger partial charge in [-0.25, -0.2) is 0 Å². The van der Waals surface area contributed by atoms with Crippen molar-refractivity contribution in [2.24, 2.45) is 0 Å². The molecule has 25 heavy (non-hydrogen) atoms. The number of carbonyl (C=O) groups excluding carboxylic acids is 1. The molecule has 0 unspecified atom stereocenters. The largest absolute Gasteiger partial charge is 0.482 e. The zero-order valence-corrected chi connectivity index (χ0v) is 14.8. The summed E-state index contributed by atoms with van der Waals surface area (Å²) >= 11 is 6.06. The highest BCUT2D eigenvalue weighted by molar-refractivity contribution is 6.32. The molecule has 0 aliphatic carbocycles. The summed E-state index contributed by atoms with van der Waals surface area (Å²) in [7, 11) is 0. The van der Waals surface area contributed by atoms with E-state index in [9.17, 15) is 4.79 Å². The van der Waals surface area contributed by atoms with Gasteiger partial charge in [-0.2, -0.15) is 5.10 Å². The number of ether oxygens (including phenoxy) is 1. The number of benzene rings is 2. The van der Waals surface area contributed by atoms with Crippen LogP contribution in [0.3, 0.4) is 0 Å². The van der Waals surface area contributed by atoms with E-state index >= 15 is 0 Å². The number of para-hydroxylation sites is 1. The lowest BCUT2D eigenvalue weighted by Crippen LogP contribution is -2.35. The van der Waals surface area contributed by atoms with Crippen molar-refractivity contribution >= 4 is 34.1 Å². The van der Waals surface area contributed by atoms with Crippen LogP contribution in [0.2, 0.25) is 5.02 Å². The number of carbonyl (C=O) groups is 1. The summed E-state index contributed by atoms with van der Waals surface area (Å²) in [6.07, 6.45) is 0. The van der Waals surface area contributed by atoms with Crippen molar-refractivity contribution in [1.82, 2.24) is 10.2 Å². The number of halogens is 1. The highest BCUT2D eigenvalue weighted by atomic mass is 35.5. The van der Waals surface area contributed by atoms with E-state index in [2.05, 4.69) is 10.2 Å². The van der Waals surface area contributed by atoms with Gasteiger partial charge in [0.1, 0.15) is 5.75 Å². The lowest BCUT2D eigenvalue weighted by atomic mass is 10.1. The van der Waals surface area contributed by atoms with Crippen LogP contribution in [0.4, 0.5) is 5.82 Å². The molecular weight excluding hydrogens is 338 g/mol. The van der Waals surface area contributed by atoms with Crippen molar-refractivity contribution < 1.29 is 9.53 Å². The average Bonchev–Trinajstić information content (AvgIpc) is 2.64. The summed E-state index contributed by atoms with van der Waals surface area (Å²) in [4.78, 5) is 14.3. The minimum atomic E-state index is -0.203. The minimum Gasteiger partial charge on any atom is -0.482 e. The van der Waals surface area contributed by atoms with Crippen LogP contribution < -0.4 is 9.64 Å². The van der Waals surface area contributed by atoms with Gasteiger partial charge in [-0.15, -0.1) is 5.10 Å². The first kappa shape index (κ1) is 17.2. The standard InChI is InChI=1S/C19H18ClN3O2/c1-3-23(18(24)12-25-17-11-7-6-10-16(17)20)19-15-9-5-4-8-14(15)13(2)21-22-19/h4-11H,3,12H2,1-2H3. The van der Waals surface area contributed by atoms with Gasteiger partial charge < -0.3 is 4.74 Å². The van der Waals surface area contributed by atoms with Gasteiger partial charge in [0, 0.05) is 17.3 Å². The maximum atomic E-state index is 12.7. The maximum Gasteiger partial charge on any atom is 0.266 e. The highest BCUT2D eigenvalue weighted by Gasteiger charge is 2.20. The first-order valence-corrected chi connectivity index (χ1v) is 8.39. The first-order valence-electron chi connectivity index (χ1n) is 8.01. The Morgan fingerprint density at radius 1 is 1.08 bits per heavy atom. The highest BCUT2D eigenvalue weighted by Crippen LogP contribution is 2.26. The van der Waals surface area contributed by atoms with Crippen molar-refractivity contribution in [3.05, 3.63) is 59.2 Å². The van der Waals surface area contributed by atoms with Crippen LogP contribution in [0.15, 0.2) is 48.5 Å². The molecule has 0 aliphatic heterocycles. The summed E-state index contributed by atoms with van der Waals surface area (Å²) < 4.78 is 5.57. The average molecular weight is 356 g/mol. The third-order valence-corrected chi connectivity index (χ3v) is 4.23. The second-order valence-corrected chi connectivity index (χ2v) is 5.92. The molecular formula is C19H18ClN3O2. The molecule has 0 radical (unpaired) electrons. The molecule has 5 nitrogen and oxygen atoms in total. The van der Waals surface area contributed by atoms with E-state index < -0.39 is 0 Å². The number of aryl methyl sites for hydroxylation is 1. The molecule has 1 heterocycles. The summed E-state index contributed by atoms with van der Waals surface area (Å²) in [5, 5.41) is 10.8. The van der Waals surface area contributed by atoms with Crippen LogP contribution in [0.1, 0.15) is 12.6 Å². The second kappa shape index (κ2) is 7.49. The Morgan fingerprint density at radius 2 is 1.76 bits per heavy atom. The molecule has 128 valence electrons. The summed E-state index contributed by atoms with van der Waals surface area (Å²) in [6, 6.07) is 14.8. The van der Waals surface area contributed by atoms with E-state index in [4.69, 9.17) is 16.3 Å². The number of hydrogen-bond donors (Lipinski definition) is 0. The van der Waals surface area contributed by atoms with Gasteiger partial charge in [-0.05, 0) is 26.0 Å². The molecule has 1 amide bonds. The van der Waals surface area contributed by atoms with E-state index in [0.717, 1.165) is 16.5 Å². The Balaban J connectivity index is 1.86. The monoisotopic (exact) mass is 355 g/mol. The van der Waals surface area contributed by atoms with Gasteiger partial charge >= 0.3 is 0 Å². The fourth-order valence-electron chi connectivity index (χ4n) is 2.65. The lowest BCUT2D eigenvalue weighted by molar-refractivity contribution is -0.120. The molecule has 0 N–H and O–H groups in total. The van der Waals surface area contributed by atoms with Crippen LogP contribution in [0, 0.1) is 6.92 Å². The maximum absolute atomic E-state index is 12.7. The van der Waals surface area contributed by atoms with Gasteiger partial charge in [-0.1, -0.05) is 48.0 Å². The Morgan fingerprint density at radius 3 is 2.48 bits per heavy atom. The molecule has 3 aromatic rings. The number of likely N-dealkylation sites (N-methyl/N-ethyl adjacent to an activating group) is 1. The molecule has 2 aromatic carbocycles. The Hall–Kier alpha value is -2.66. The van der Waals surface area contributed by atoms with Crippen LogP contribution >= 0.6 is 11.6 Å². The summed E-state index contributed by atoms with van der Waals surface area (Å²) in [5.74, 6) is 0.815. The molecule has 0 fully saturated rings. The number of nitrogens with zero attached hydrogens (tertiary/aromatic N) is 3. The Labute approximate surface area is 151 Å². The van der Waals surface area contributed by atoms with Crippen molar-refractivity contribution in [1.29, 1.82) is 0 Å². The lowest BCUT2D eigenvalue weighted by Gasteiger charge is -2.21. The fraction of sp³-hybridized carbons (Fsp3) is 0.211. The number of hydrogen-bond acceptors (Lipinski definition) is 4. The quantitative estimate of drug-likeness (QED) is 0.693. The summed E-state index contributed by atoms with van der Waals surface area (Å²) in [6.45, 7) is 4.13. The Kier molecular flexibility index (Phi) is 5.14. The molecule has 0 aliphatic rings. The van der Waals surface area contributed by atoms with Gasteiger partial charge in [-0.3, -0.25) is 9.69 Å². The number of rotatable bonds is 5. The third-order valence-electron chi connectivity index (χ3n) is 3.91. The smallest absolute Gasteiger partial charge is 0.266 e. The normalized spacial score (nSPS) is 10.7. The van der Waals surface area contributed by atoms with Crippen LogP contribution in [-0.2, 0) is 4.79 Å². The van der Waals surface area contributed by atoms with Crippen molar-refractivity contribution in [3.63, 3.8) is 0 Å². The molecule has 0 saturated heterocycles. The van der Waals surface area contributed by atoms with E-state index in [1.807, 2.05) is 50.2 Å². The SMILES string of the molecule is CCN(C(=O)COc1ccccc1Cl)c1nnc(C)c2ccccc12. The van der Waals surface area contributed by atoms with Crippen LogP contribution in [0.25, 0.3) is 10.8 Å². The molecule has 0 bridgehead atoms. The van der Waals surface area contributed by atoms with Gasteiger partial charge in [0.15, 0.2) is 12.4 Å².